The zero-order chi connectivity index (χ0) is 12.7. The van der Waals surface area contributed by atoms with Gasteiger partial charge < -0.3 is 4.57 Å². The maximum atomic E-state index is 4.46. The van der Waals surface area contributed by atoms with Crippen LogP contribution in [0.25, 0.3) is 27.5 Å². The smallest absolute Gasteiger partial charge is 0.144 e. The van der Waals surface area contributed by atoms with Gasteiger partial charge in [-0.15, -0.1) is 0 Å². The van der Waals surface area contributed by atoms with Crippen molar-refractivity contribution < 1.29 is 0 Å². The third-order valence-electron chi connectivity index (χ3n) is 3.46. The number of hydrogen-bond donors (Lipinski definition) is 0. The van der Waals surface area contributed by atoms with Gasteiger partial charge in [-0.2, -0.15) is 0 Å². The molecule has 0 spiro atoms. The molecule has 2 nitrogen and oxygen atoms in total. The van der Waals surface area contributed by atoms with Crippen molar-refractivity contribution in [3.8, 4) is 5.69 Å². The fourth-order valence-electron chi connectivity index (χ4n) is 2.50. The largest absolute Gasteiger partial charge is 0.301 e. The molecule has 0 aliphatic heterocycles. The monoisotopic (exact) mass is 244 g/mol. The van der Waals surface area contributed by atoms with Crippen LogP contribution in [0, 0.1) is 0 Å². The zero-order valence-electron chi connectivity index (χ0n) is 10.3. The van der Waals surface area contributed by atoms with Crippen LogP contribution in [0.15, 0.2) is 73.1 Å². The highest BCUT2D eigenvalue weighted by atomic mass is 15.0. The van der Waals surface area contributed by atoms with Crippen LogP contribution >= 0.6 is 0 Å². The second-order valence-electron chi connectivity index (χ2n) is 4.63. The molecular weight excluding hydrogens is 232 g/mol. The highest BCUT2D eigenvalue weighted by Gasteiger charge is 2.04. The molecule has 2 aromatic heterocycles. The van der Waals surface area contributed by atoms with Gasteiger partial charge in [-0.05, 0) is 41.1 Å². The van der Waals surface area contributed by atoms with Crippen LogP contribution in [0.4, 0.5) is 0 Å². The highest BCUT2D eigenvalue weighted by Crippen LogP contribution is 2.22. The lowest BCUT2D eigenvalue weighted by atomic mass is 10.1. The predicted molar refractivity (Wildman–Crippen MR) is 78.6 cm³/mol. The molecule has 0 aliphatic carbocycles. The molecule has 2 aromatic carbocycles. The van der Waals surface area contributed by atoms with E-state index in [-0.39, 0.29) is 0 Å². The highest BCUT2D eigenvalue weighted by molar-refractivity contribution is 5.85. The van der Waals surface area contributed by atoms with Crippen molar-refractivity contribution in [3.63, 3.8) is 0 Å². The number of hydrogen-bond acceptors (Lipinski definition) is 1. The van der Waals surface area contributed by atoms with Crippen LogP contribution in [0.3, 0.4) is 0 Å². The van der Waals surface area contributed by atoms with Crippen LogP contribution in [0.5, 0.6) is 0 Å². The summed E-state index contributed by atoms with van der Waals surface area (Å²) in [4.78, 5) is 4.46. The summed E-state index contributed by atoms with van der Waals surface area (Å²) < 4.78 is 2.13. The quantitative estimate of drug-likeness (QED) is 0.491. The van der Waals surface area contributed by atoms with Crippen LogP contribution in [0.2, 0.25) is 0 Å². The van der Waals surface area contributed by atoms with Crippen LogP contribution in [-0.2, 0) is 0 Å². The molecule has 2 heterocycles. The van der Waals surface area contributed by atoms with Gasteiger partial charge in [0.1, 0.15) is 5.65 Å². The Morgan fingerprint density at radius 3 is 2.53 bits per heavy atom. The van der Waals surface area contributed by atoms with Crippen molar-refractivity contribution in [1.29, 1.82) is 0 Å². The Balaban J connectivity index is 1.99. The SMILES string of the molecule is c1ccc2cc(-n3ccc4cccnc43)ccc2c1. The molecule has 19 heavy (non-hydrogen) atoms. The summed E-state index contributed by atoms with van der Waals surface area (Å²) in [5.41, 5.74) is 2.14. The molecule has 0 saturated carbocycles. The zero-order valence-corrected chi connectivity index (χ0v) is 10.3. The van der Waals surface area contributed by atoms with Crippen LogP contribution in [-0.4, -0.2) is 9.55 Å². The minimum Gasteiger partial charge on any atom is -0.301 e. The average molecular weight is 244 g/mol. The van der Waals surface area contributed by atoms with E-state index in [9.17, 15) is 0 Å². The molecule has 0 aliphatic rings. The first-order valence-electron chi connectivity index (χ1n) is 6.33. The van der Waals surface area contributed by atoms with E-state index in [1.807, 2.05) is 12.3 Å². The molecule has 2 heteroatoms. The van der Waals surface area contributed by atoms with E-state index in [2.05, 4.69) is 70.3 Å². The Bertz CT molecular complexity index is 874. The fourth-order valence-corrected chi connectivity index (χ4v) is 2.50. The Morgan fingerprint density at radius 1 is 0.737 bits per heavy atom. The molecule has 0 fully saturated rings. The molecule has 0 radical (unpaired) electrons. The first kappa shape index (κ1) is 10.3. The lowest BCUT2D eigenvalue weighted by Gasteiger charge is -2.06. The summed E-state index contributed by atoms with van der Waals surface area (Å²) in [5, 5.41) is 3.67. The molecule has 0 N–H and O–H groups in total. The van der Waals surface area contributed by atoms with E-state index in [0.717, 1.165) is 16.7 Å². The molecule has 0 amide bonds. The van der Waals surface area contributed by atoms with E-state index < -0.39 is 0 Å². The van der Waals surface area contributed by atoms with Crippen molar-refractivity contribution in [1.82, 2.24) is 9.55 Å². The Kier molecular flexibility index (Phi) is 2.15. The maximum absolute atomic E-state index is 4.46. The molecule has 4 rings (SSSR count). The van der Waals surface area contributed by atoms with Crippen molar-refractivity contribution in [2.45, 2.75) is 0 Å². The van der Waals surface area contributed by atoms with E-state index >= 15 is 0 Å². The molecule has 90 valence electrons. The Morgan fingerprint density at radius 2 is 1.58 bits per heavy atom. The first-order valence-corrected chi connectivity index (χ1v) is 6.33. The normalized spacial score (nSPS) is 11.2. The van der Waals surface area contributed by atoms with Gasteiger partial charge in [-0.25, -0.2) is 4.98 Å². The predicted octanol–water partition coefficient (Wildman–Crippen LogP) is 4.18. The van der Waals surface area contributed by atoms with Gasteiger partial charge in [-0.3, -0.25) is 0 Å². The topological polar surface area (TPSA) is 17.8 Å². The van der Waals surface area contributed by atoms with Gasteiger partial charge in [0.15, 0.2) is 0 Å². The van der Waals surface area contributed by atoms with Gasteiger partial charge in [-0.1, -0.05) is 30.3 Å². The van der Waals surface area contributed by atoms with Gasteiger partial charge in [0, 0.05) is 23.5 Å². The van der Waals surface area contributed by atoms with E-state index in [0.29, 0.717) is 0 Å². The minimum absolute atomic E-state index is 0.998. The second kappa shape index (κ2) is 3.95. The van der Waals surface area contributed by atoms with Crippen molar-refractivity contribution >= 4 is 21.8 Å². The standard InChI is InChI=1S/C17H12N2/c1-2-5-15-12-16(8-7-13(15)4-1)19-11-9-14-6-3-10-18-17(14)19/h1-12H. The molecule has 0 atom stereocenters. The molecule has 0 saturated heterocycles. The average Bonchev–Trinajstić information content (AvgIpc) is 2.91. The van der Waals surface area contributed by atoms with Crippen LogP contribution < -0.4 is 0 Å². The summed E-state index contributed by atoms with van der Waals surface area (Å²) in [6, 6.07) is 21.0. The van der Waals surface area contributed by atoms with Crippen molar-refractivity contribution in [2.75, 3.05) is 0 Å². The molecule has 4 aromatic rings. The summed E-state index contributed by atoms with van der Waals surface area (Å²) in [6.07, 6.45) is 3.90. The number of nitrogens with zero attached hydrogens (tertiary/aromatic N) is 2. The first-order chi connectivity index (χ1) is 9.42. The fraction of sp³-hybridized carbons (Fsp3) is 0. The molecule has 0 unspecified atom stereocenters. The molecular formula is C17H12N2. The minimum atomic E-state index is 0.998. The molecule has 0 bridgehead atoms. The summed E-state index contributed by atoms with van der Waals surface area (Å²) in [5.74, 6) is 0. The number of fused-ring (bicyclic) bond motifs is 2. The number of rotatable bonds is 1. The van der Waals surface area contributed by atoms with Gasteiger partial charge >= 0.3 is 0 Å². The van der Waals surface area contributed by atoms with Crippen LogP contribution in [0.1, 0.15) is 0 Å². The van der Waals surface area contributed by atoms with Crippen molar-refractivity contribution in [2.24, 2.45) is 0 Å². The van der Waals surface area contributed by atoms with E-state index in [4.69, 9.17) is 0 Å². The lowest BCUT2D eigenvalue weighted by molar-refractivity contribution is 1.10. The number of benzene rings is 2. The van der Waals surface area contributed by atoms with E-state index in [1.165, 1.54) is 10.8 Å². The van der Waals surface area contributed by atoms with Gasteiger partial charge in [0.2, 0.25) is 0 Å². The summed E-state index contributed by atoms with van der Waals surface area (Å²) in [6.45, 7) is 0. The Labute approximate surface area is 110 Å². The third-order valence-corrected chi connectivity index (χ3v) is 3.46. The van der Waals surface area contributed by atoms with Gasteiger partial charge in [0.25, 0.3) is 0 Å². The second-order valence-corrected chi connectivity index (χ2v) is 4.63. The maximum Gasteiger partial charge on any atom is 0.144 e. The number of aromatic nitrogens is 2. The third kappa shape index (κ3) is 1.61. The van der Waals surface area contributed by atoms with Gasteiger partial charge in [0.05, 0.1) is 0 Å². The summed E-state index contributed by atoms with van der Waals surface area (Å²) in [7, 11) is 0. The summed E-state index contributed by atoms with van der Waals surface area (Å²) >= 11 is 0. The van der Waals surface area contributed by atoms with E-state index in [1.54, 1.807) is 0 Å². The Hall–Kier alpha value is -2.61. The van der Waals surface area contributed by atoms with Crippen molar-refractivity contribution in [3.05, 3.63) is 73.1 Å². The number of pyridine rings is 1. The lowest BCUT2D eigenvalue weighted by Crippen LogP contribution is -1.93.